The molecule has 3 rings (SSSR count). The van der Waals surface area contributed by atoms with E-state index in [9.17, 15) is 4.39 Å². The topological polar surface area (TPSA) is 50.4 Å². The van der Waals surface area contributed by atoms with Crippen LogP contribution in [0.1, 0.15) is 17.7 Å². The largest absolute Gasteiger partial charge is 0.490 e. The molecule has 0 aliphatic carbocycles. The number of rotatable bonds is 6. The first-order chi connectivity index (χ1) is 11.1. The molecular formula is C17H22FN3O2. The molecule has 124 valence electrons. The van der Waals surface area contributed by atoms with Crippen LogP contribution in [0.25, 0.3) is 0 Å². The van der Waals surface area contributed by atoms with Crippen molar-refractivity contribution in [3.8, 4) is 5.75 Å². The Morgan fingerprint density at radius 2 is 2.30 bits per heavy atom. The molecule has 1 atom stereocenters. The summed E-state index contributed by atoms with van der Waals surface area (Å²) in [6.07, 6.45) is 2.75. The third-order valence-electron chi connectivity index (χ3n) is 4.45. The van der Waals surface area contributed by atoms with Gasteiger partial charge in [0, 0.05) is 44.1 Å². The van der Waals surface area contributed by atoms with Gasteiger partial charge in [-0.15, -0.1) is 0 Å². The SMILES string of the molecule is CO[C@]1(COc2cccc(F)c2)CCN(Cc2cn[nH]c2C)C1. The highest BCUT2D eigenvalue weighted by molar-refractivity contribution is 5.22. The quantitative estimate of drug-likeness (QED) is 0.889. The smallest absolute Gasteiger partial charge is 0.126 e. The third-order valence-corrected chi connectivity index (χ3v) is 4.45. The van der Waals surface area contributed by atoms with Crippen LogP contribution < -0.4 is 4.74 Å². The van der Waals surface area contributed by atoms with Gasteiger partial charge >= 0.3 is 0 Å². The highest BCUT2D eigenvalue weighted by atomic mass is 19.1. The molecular weight excluding hydrogens is 297 g/mol. The van der Waals surface area contributed by atoms with Crippen molar-refractivity contribution in [2.45, 2.75) is 25.5 Å². The number of halogens is 1. The van der Waals surface area contributed by atoms with Crippen molar-refractivity contribution >= 4 is 0 Å². The molecule has 1 aromatic heterocycles. The van der Waals surface area contributed by atoms with E-state index >= 15 is 0 Å². The van der Waals surface area contributed by atoms with Gasteiger partial charge in [-0.2, -0.15) is 5.10 Å². The van der Waals surface area contributed by atoms with Gasteiger partial charge in [0.1, 0.15) is 23.8 Å². The zero-order valence-electron chi connectivity index (χ0n) is 13.5. The normalized spacial score (nSPS) is 21.7. The highest BCUT2D eigenvalue weighted by Crippen LogP contribution is 2.28. The van der Waals surface area contributed by atoms with Crippen LogP contribution in [0.3, 0.4) is 0 Å². The number of aryl methyl sites for hydroxylation is 1. The summed E-state index contributed by atoms with van der Waals surface area (Å²) in [4.78, 5) is 2.33. The molecule has 0 bridgehead atoms. The van der Waals surface area contributed by atoms with Crippen LogP contribution >= 0.6 is 0 Å². The van der Waals surface area contributed by atoms with Crippen LogP contribution in [-0.2, 0) is 11.3 Å². The highest BCUT2D eigenvalue weighted by Gasteiger charge is 2.39. The van der Waals surface area contributed by atoms with Gasteiger partial charge in [-0.25, -0.2) is 4.39 Å². The molecule has 1 fully saturated rings. The van der Waals surface area contributed by atoms with E-state index in [0.717, 1.165) is 31.7 Å². The maximum absolute atomic E-state index is 13.2. The predicted molar refractivity (Wildman–Crippen MR) is 84.9 cm³/mol. The first-order valence-corrected chi connectivity index (χ1v) is 7.75. The Bertz CT molecular complexity index is 661. The zero-order chi connectivity index (χ0) is 16.3. The number of aromatic amines is 1. The lowest BCUT2D eigenvalue weighted by atomic mass is 10.0. The summed E-state index contributed by atoms with van der Waals surface area (Å²) < 4.78 is 24.7. The fourth-order valence-electron chi connectivity index (χ4n) is 2.95. The Morgan fingerprint density at radius 3 is 3.00 bits per heavy atom. The number of hydrogen-bond acceptors (Lipinski definition) is 4. The summed E-state index contributed by atoms with van der Waals surface area (Å²) in [6, 6.07) is 6.20. The van der Waals surface area contributed by atoms with E-state index in [4.69, 9.17) is 9.47 Å². The van der Waals surface area contributed by atoms with Crippen molar-refractivity contribution in [1.29, 1.82) is 0 Å². The molecule has 1 aromatic carbocycles. The number of H-pyrrole nitrogens is 1. The summed E-state index contributed by atoms with van der Waals surface area (Å²) in [7, 11) is 1.71. The van der Waals surface area contributed by atoms with E-state index in [-0.39, 0.29) is 11.4 Å². The van der Waals surface area contributed by atoms with Gasteiger partial charge in [-0.05, 0) is 25.5 Å². The average molecular weight is 319 g/mol. The minimum Gasteiger partial charge on any atom is -0.490 e. The van der Waals surface area contributed by atoms with Crippen molar-refractivity contribution in [2.75, 3.05) is 26.8 Å². The third kappa shape index (κ3) is 3.71. The lowest BCUT2D eigenvalue weighted by molar-refractivity contribution is -0.0360. The van der Waals surface area contributed by atoms with Gasteiger partial charge in [-0.1, -0.05) is 6.07 Å². The molecule has 1 N–H and O–H groups in total. The van der Waals surface area contributed by atoms with E-state index in [1.54, 1.807) is 19.2 Å². The molecule has 0 amide bonds. The van der Waals surface area contributed by atoms with E-state index in [1.807, 2.05) is 13.1 Å². The van der Waals surface area contributed by atoms with Gasteiger partial charge in [0.15, 0.2) is 0 Å². The van der Waals surface area contributed by atoms with E-state index in [2.05, 4.69) is 15.1 Å². The molecule has 0 unspecified atom stereocenters. The number of nitrogens with zero attached hydrogens (tertiary/aromatic N) is 2. The summed E-state index contributed by atoms with van der Waals surface area (Å²) in [5.74, 6) is 0.239. The second-order valence-electron chi connectivity index (χ2n) is 6.11. The monoisotopic (exact) mass is 319 g/mol. The van der Waals surface area contributed by atoms with E-state index in [1.165, 1.54) is 17.7 Å². The summed E-state index contributed by atoms with van der Waals surface area (Å²) in [5, 5.41) is 7.02. The maximum atomic E-state index is 13.2. The Morgan fingerprint density at radius 1 is 1.43 bits per heavy atom. The number of hydrogen-bond donors (Lipinski definition) is 1. The second-order valence-corrected chi connectivity index (χ2v) is 6.11. The maximum Gasteiger partial charge on any atom is 0.126 e. The van der Waals surface area contributed by atoms with Crippen molar-refractivity contribution in [3.05, 3.63) is 47.5 Å². The van der Waals surface area contributed by atoms with E-state index in [0.29, 0.717) is 12.4 Å². The Hall–Kier alpha value is -1.92. The summed E-state index contributed by atoms with van der Waals surface area (Å²) in [5.41, 5.74) is 1.93. The number of methoxy groups -OCH3 is 1. The molecule has 5 nitrogen and oxygen atoms in total. The first kappa shape index (κ1) is 16.0. The van der Waals surface area contributed by atoms with Crippen molar-refractivity contribution in [2.24, 2.45) is 0 Å². The van der Waals surface area contributed by atoms with Gasteiger partial charge in [0.2, 0.25) is 0 Å². The lowest BCUT2D eigenvalue weighted by Gasteiger charge is -2.28. The van der Waals surface area contributed by atoms with Crippen LogP contribution in [0.4, 0.5) is 4.39 Å². The lowest BCUT2D eigenvalue weighted by Crippen LogP contribution is -2.41. The van der Waals surface area contributed by atoms with Gasteiger partial charge in [-0.3, -0.25) is 10.00 Å². The van der Waals surface area contributed by atoms with Crippen molar-refractivity contribution < 1.29 is 13.9 Å². The Kier molecular flexibility index (Phi) is 4.63. The fraction of sp³-hybridized carbons (Fsp3) is 0.471. The van der Waals surface area contributed by atoms with Crippen LogP contribution in [-0.4, -0.2) is 47.5 Å². The van der Waals surface area contributed by atoms with Crippen LogP contribution in [0, 0.1) is 12.7 Å². The molecule has 0 spiro atoms. The number of benzene rings is 1. The molecule has 0 saturated carbocycles. The van der Waals surface area contributed by atoms with Gasteiger partial charge in [0.25, 0.3) is 0 Å². The molecule has 2 aromatic rings. The minimum atomic E-state index is -0.357. The average Bonchev–Trinajstić information content (AvgIpc) is 3.14. The number of aromatic nitrogens is 2. The second kappa shape index (κ2) is 6.68. The molecule has 1 aliphatic heterocycles. The number of nitrogens with one attached hydrogen (secondary N) is 1. The molecule has 0 radical (unpaired) electrons. The molecule has 1 aliphatic rings. The zero-order valence-corrected chi connectivity index (χ0v) is 13.5. The predicted octanol–water partition coefficient (Wildman–Crippen LogP) is 2.53. The van der Waals surface area contributed by atoms with Crippen LogP contribution in [0.2, 0.25) is 0 Å². The Balaban J connectivity index is 1.60. The van der Waals surface area contributed by atoms with Crippen LogP contribution in [0.15, 0.2) is 30.5 Å². The molecule has 6 heteroatoms. The van der Waals surface area contributed by atoms with Crippen molar-refractivity contribution in [3.63, 3.8) is 0 Å². The van der Waals surface area contributed by atoms with Gasteiger partial charge < -0.3 is 9.47 Å². The van der Waals surface area contributed by atoms with E-state index < -0.39 is 0 Å². The van der Waals surface area contributed by atoms with Crippen molar-refractivity contribution in [1.82, 2.24) is 15.1 Å². The fourth-order valence-corrected chi connectivity index (χ4v) is 2.95. The number of likely N-dealkylation sites (tertiary alicyclic amines) is 1. The standard InChI is InChI=1S/C17H22FN3O2/c1-13-14(9-19-20-13)10-21-7-6-17(11-21,22-2)12-23-16-5-3-4-15(18)8-16/h3-5,8-9H,6-7,10-12H2,1-2H3,(H,19,20)/t17-/m1/s1. The number of ether oxygens (including phenoxy) is 2. The summed E-state index contributed by atoms with van der Waals surface area (Å²) in [6.45, 7) is 4.99. The Labute approximate surface area is 135 Å². The first-order valence-electron chi connectivity index (χ1n) is 7.75. The summed E-state index contributed by atoms with van der Waals surface area (Å²) >= 11 is 0. The van der Waals surface area contributed by atoms with Crippen LogP contribution in [0.5, 0.6) is 5.75 Å². The molecule has 23 heavy (non-hydrogen) atoms. The molecule has 2 heterocycles. The van der Waals surface area contributed by atoms with Gasteiger partial charge in [0.05, 0.1) is 6.20 Å². The minimum absolute atomic E-state index is 0.294. The molecule has 1 saturated heterocycles.